The number of aromatic nitrogens is 2. The third kappa shape index (κ3) is 2.03. The van der Waals surface area contributed by atoms with Gasteiger partial charge in [0.05, 0.1) is 0 Å². The monoisotopic (exact) mass is 184 g/mol. The van der Waals surface area contributed by atoms with E-state index >= 15 is 0 Å². The van der Waals surface area contributed by atoms with Gasteiger partial charge in [0.2, 0.25) is 0 Å². The van der Waals surface area contributed by atoms with E-state index in [4.69, 9.17) is 5.73 Å². The van der Waals surface area contributed by atoms with Gasteiger partial charge in [-0.2, -0.15) is 0 Å². The number of aryl methyl sites for hydroxylation is 1. The topological polar surface area (TPSA) is 87.0 Å². The summed E-state index contributed by atoms with van der Waals surface area (Å²) < 4.78 is 1.50. The Morgan fingerprint density at radius 2 is 2.46 bits per heavy atom. The molecule has 0 amide bonds. The van der Waals surface area contributed by atoms with Gasteiger partial charge in [-0.3, -0.25) is 0 Å². The third-order valence-corrected chi connectivity index (χ3v) is 1.69. The molecule has 2 N–H and O–H groups in total. The first kappa shape index (κ1) is 9.66. The summed E-state index contributed by atoms with van der Waals surface area (Å²) in [6, 6.07) is -0.119. The second kappa shape index (κ2) is 3.53. The van der Waals surface area contributed by atoms with Crippen LogP contribution in [0.5, 0.6) is 0 Å². The van der Waals surface area contributed by atoms with Crippen LogP contribution in [0.2, 0.25) is 0 Å². The first-order chi connectivity index (χ1) is 6.02. The summed E-state index contributed by atoms with van der Waals surface area (Å²) in [6.45, 7) is 3.93. The van der Waals surface area contributed by atoms with E-state index in [9.17, 15) is 10.1 Å². The molecule has 1 rings (SSSR count). The molecule has 0 aliphatic carbocycles. The number of imidazole rings is 1. The highest BCUT2D eigenvalue weighted by atomic mass is 16.6. The zero-order valence-electron chi connectivity index (χ0n) is 7.60. The minimum Gasteiger partial charge on any atom is -0.358 e. The zero-order valence-corrected chi connectivity index (χ0v) is 7.60. The maximum atomic E-state index is 10.5. The summed E-state index contributed by atoms with van der Waals surface area (Å²) in [5, 5.41) is 10.5. The molecular weight excluding hydrogens is 172 g/mol. The predicted molar refractivity (Wildman–Crippen MR) is 47.3 cm³/mol. The van der Waals surface area contributed by atoms with Crippen LogP contribution in [-0.2, 0) is 6.54 Å². The maximum Gasteiger partial charge on any atom is 0.342 e. The van der Waals surface area contributed by atoms with E-state index in [0.717, 1.165) is 0 Å². The van der Waals surface area contributed by atoms with Gasteiger partial charge < -0.3 is 15.8 Å². The number of nitrogens with two attached hydrogens (primary N) is 1. The van der Waals surface area contributed by atoms with Gasteiger partial charge in [-0.05, 0) is 11.8 Å². The molecule has 1 unspecified atom stereocenters. The Hall–Kier alpha value is -1.43. The van der Waals surface area contributed by atoms with Crippen molar-refractivity contribution in [2.45, 2.75) is 26.4 Å². The zero-order chi connectivity index (χ0) is 10.0. The minimum absolute atomic E-state index is 0.00481. The molecule has 72 valence electrons. The van der Waals surface area contributed by atoms with E-state index in [2.05, 4.69) is 4.98 Å². The average Bonchev–Trinajstić information content (AvgIpc) is 2.32. The second-order valence-corrected chi connectivity index (χ2v) is 3.01. The molecule has 1 aromatic rings. The van der Waals surface area contributed by atoms with Gasteiger partial charge in [-0.15, -0.1) is 0 Å². The van der Waals surface area contributed by atoms with E-state index in [1.165, 1.54) is 10.8 Å². The number of rotatable bonds is 3. The van der Waals surface area contributed by atoms with Gasteiger partial charge in [-0.25, -0.2) is 9.55 Å². The van der Waals surface area contributed by atoms with Crippen molar-refractivity contribution < 1.29 is 4.92 Å². The van der Waals surface area contributed by atoms with Gasteiger partial charge in [0.25, 0.3) is 0 Å². The van der Waals surface area contributed by atoms with Crippen molar-refractivity contribution in [1.82, 2.24) is 9.55 Å². The Morgan fingerprint density at radius 3 is 2.92 bits per heavy atom. The highest BCUT2D eigenvalue weighted by molar-refractivity contribution is 5.18. The second-order valence-electron chi connectivity index (χ2n) is 3.01. The molecule has 1 aromatic heterocycles. The van der Waals surface area contributed by atoms with Gasteiger partial charge >= 0.3 is 5.82 Å². The van der Waals surface area contributed by atoms with E-state index in [1.54, 1.807) is 13.8 Å². The largest absolute Gasteiger partial charge is 0.358 e. The molecule has 1 atom stereocenters. The Labute approximate surface area is 75.5 Å². The lowest BCUT2D eigenvalue weighted by Crippen LogP contribution is -2.23. The van der Waals surface area contributed by atoms with Crippen molar-refractivity contribution in [3.63, 3.8) is 0 Å². The van der Waals surface area contributed by atoms with Gasteiger partial charge in [0.15, 0.2) is 5.82 Å². The van der Waals surface area contributed by atoms with E-state index < -0.39 is 4.92 Å². The van der Waals surface area contributed by atoms with Crippen LogP contribution in [0.3, 0.4) is 0 Å². The smallest absolute Gasteiger partial charge is 0.342 e. The van der Waals surface area contributed by atoms with Crippen LogP contribution in [0, 0.1) is 17.0 Å². The normalized spacial score (nSPS) is 12.8. The average molecular weight is 184 g/mol. The molecule has 0 saturated carbocycles. The summed E-state index contributed by atoms with van der Waals surface area (Å²) in [7, 11) is 0. The molecule has 0 aliphatic rings. The lowest BCUT2D eigenvalue weighted by Gasteiger charge is -2.04. The molecule has 0 radical (unpaired) electrons. The molecule has 1 heterocycles. The van der Waals surface area contributed by atoms with Crippen molar-refractivity contribution in [2.24, 2.45) is 5.73 Å². The molecule has 0 spiro atoms. The van der Waals surface area contributed by atoms with Crippen LogP contribution in [-0.4, -0.2) is 20.5 Å². The lowest BCUT2D eigenvalue weighted by molar-refractivity contribution is -0.392. The predicted octanol–water partition coefficient (Wildman–Crippen LogP) is 0.447. The number of hydrogen-bond donors (Lipinski definition) is 1. The molecule has 0 aromatic carbocycles. The van der Waals surface area contributed by atoms with Gasteiger partial charge in [-0.1, -0.05) is 0 Å². The molecule has 6 nitrogen and oxygen atoms in total. The Bertz CT molecular complexity index is 318. The summed E-state index contributed by atoms with van der Waals surface area (Å²) in [6.07, 6.45) is 1.25. The van der Waals surface area contributed by atoms with Crippen LogP contribution in [0.25, 0.3) is 0 Å². The standard InChI is InChI=1S/C7H12N4O2/c1-5(8)4-10-6(2)9-3-7(10)11(12)13/h3,5H,4,8H2,1-2H3. The Balaban J connectivity index is 3.01. The molecule has 0 saturated heterocycles. The van der Waals surface area contributed by atoms with E-state index in [0.29, 0.717) is 12.4 Å². The Kier molecular flexibility index (Phi) is 2.62. The maximum absolute atomic E-state index is 10.5. The summed E-state index contributed by atoms with van der Waals surface area (Å²) in [5.74, 6) is 0.610. The van der Waals surface area contributed by atoms with Crippen LogP contribution in [0.4, 0.5) is 5.82 Å². The van der Waals surface area contributed by atoms with E-state index in [-0.39, 0.29) is 11.9 Å². The first-order valence-electron chi connectivity index (χ1n) is 3.94. The van der Waals surface area contributed by atoms with Crippen molar-refractivity contribution in [3.05, 3.63) is 22.1 Å². The molecule has 0 bridgehead atoms. The number of nitro groups is 1. The molecule has 13 heavy (non-hydrogen) atoms. The fraction of sp³-hybridized carbons (Fsp3) is 0.571. The fourth-order valence-corrected chi connectivity index (χ4v) is 1.12. The summed E-state index contributed by atoms with van der Waals surface area (Å²) in [4.78, 5) is 13.9. The third-order valence-electron chi connectivity index (χ3n) is 1.69. The van der Waals surface area contributed by atoms with Crippen molar-refractivity contribution in [2.75, 3.05) is 0 Å². The highest BCUT2D eigenvalue weighted by Gasteiger charge is 2.17. The molecule has 0 fully saturated rings. The van der Waals surface area contributed by atoms with Crippen molar-refractivity contribution >= 4 is 5.82 Å². The van der Waals surface area contributed by atoms with E-state index in [1.807, 2.05) is 0 Å². The number of nitrogens with zero attached hydrogens (tertiary/aromatic N) is 3. The van der Waals surface area contributed by atoms with Gasteiger partial charge in [0, 0.05) is 13.0 Å². The summed E-state index contributed by atoms with van der Waals surface area (Å²) in [5.41, 5.74) is 5.55. The van der Waals surface area contributed by atoms with Crippen LogP contribution < -0.4 is 5.73 Å². The van der Waals surface area contributed by atoms with Crippen LogP contribution >= 0.6 is 0 Å². The number of hydrogen-bond acceptors (Lipinski definition) is 4. The molecule has 6 heteroatoms. The molecule has 0 aliphatic heterocycles. The highest BCUT2D eigenvalue weighted by Crippen LogP contribution is 2.13. The van der Waals surface area contributed by atoms with Crippen LogP contribution in [0.15, 0.2) is 6.20 Å². The summed E-state index contributed by atoms with van der Waals surface area (Å²) >= 11 is 0. The first-order valence-corrected chi connectivity index (χ1v) is 3.94. The minimum atomic E-state index is -0.456. The Morgan fingerprint density at radius 1 is 1.85 bits per heavy atom. The van der Waals surface area contributed by atoms with Gasteiger partial charge in [0.1, 0.15) is 12.7 Å². The SMILES string of the molecule is Cc1ncc([N+](=O)[O-])n1CC(C)N. The van der Waals surface area contributed by atoms with Crippen LogP contribution in [0.1, 0.15) is 12.7 Å². The lowest BCUT2D eigenvalue weighted by atomic mass is 10.3. The van der Waals surface area contributed by atoms with Crippen molar-refractivity contribution in [3.8, 4) is 0 Å². The molecular formula is C7H12N4O2. The fourth-order valence-electron chi connectivity index (χ4n) is 1.12. The van der Waals surface area contributed by atoms with Crippen molar-refractivity contribution in [1.29, 1.82) is 0 Å². The quantitative estimate of drug-likeness (QED) is 0.545.